The molecule has 1 rings (SSSR count). The van der Waals surface area contributed by atoms with Gasteiger partial charge in [-0.3, -0.25) is 4.79 Å². The van der Waals surface area contributed by atoms with Gasteiger partial charge in [0, 0.05) is 5.56 Å². The zero-order valence-electron chi connectivity index (χ0n) is 13.2. The largest absolute Gasteiger partial charge is 0.494 e. The van der Waals surface area contributed by atoms with Crippen LogP contribution in [0.1, 0.15) is 45.0 Å². The van der Waals surface area contributed by atoms with Crippen LogP contribution in [0.2, 0.25) is 0 Å². The highest BCUT2D eigenvalue weighted by Crippen LogP contribution is 2.12. The summed E-state index contributed by atoms with van der Waals surface area (Å²) in [5.41, 5.74) is -0.108. The van der Waals surface area contributed by atoms with Gasteiger partial charge in [-0.1, -0.05) is 0 Å². The van der Waals surface area contributed by atoms with E-state index in [-0.39, 0.29) is 5.91 Å². The van der Waals surface area contributed by atoms with Crippen molar-refractivity contribution in [3.63, 3.8) is 0 Å². The van der Waals surface area contributed by atoms with E-state index in [2.05, 4.69) is 5.32 Å². The summed E-state index contributed by atoms with van der Waals surface area (Å²) < 4.78 is 10.5. The average Bonchev–Trinajstić information content (AvgIpc) is 2.37. The first kappa shape index (κ1) is 17.0. The van der Waals surface area contributed by atoms with Gasteiger partial charge in [0.1, 0.15) is 17.4 Å². The molecule has 1 aromatic carbocycles. The maximum Gasteiger partial charge on any atom is 0.328 e. The molecule has 0 unspecified atom stereocenters. The topological polar surface area (TPSA) is 64.6 Å². The summed E-state index contributed by atoms with van der Waals surface area (Å²) in [6.07, 6.45) is 0. The van der Waals surface area contributed by atoms with Crippen LogP contribution < -0.4 is 10.1 Å². The van der Waals surface area contributed by atoms with Gasteiger partial charge in [0.25, 0.3) is 5.91 Å². The molecule has 1 amide bonds. The third-order valence-electron chi connectivity index (χ3n) is 2.54. The van der Waals surface area contributed by atoms with Gasteiger partial charge in [0.05, 0.1) is 6.61 Å². The summed E-state index contributed by atoms with van der Waals surface area (Å²) in [5, 5.41) is 2.62. The molecular formula is C16H23NO4. The van der Waals surface area contributed by atoms with Crippen LogP contribution in [0.15, 0.2) is 24.3 Å². The lowest BCUT2D eigenvalue weighted by atomic mass is 10.1. The Morgan fingerprint density at radius 3 is 2.24 bits per heavy atom. The molecule has 0 aliphatic carbocycles. The Hall–Kier alpha value is -2.04. The van der Waals surface area contributed by atoms with Gasteiger partial charge in [-0.25, -0.2) is 4.79 Å². The molecule has 0 radical (unpaired) electrons. The standard InChI is InChI=1S/C16H23NO4/c1-6-20-13-9-7-12(8-10-13)14(18)17-11(2)15(19)21-16(3,4)5/h7-11H,6H2,1-5H3,(H,17,18)/t11-/m0/s1. The van der Waals surface area contributed by atoms with Crippen LogP contribution in [0.4, 0.5) is 0 Å². The molecule has 1 atom stereocenters. The normalized spacial score (nSPS) is 12.4. The van der Waals surface area contributed by atoms with Crippen LogP contribution in [-0.2, 0) is 9.53 Å². The fourth-order valence-electron chi connectivity index (χ4n) is 1.60. The molecule has 0 aliphatic heterocycles. The Balaban J connectivity index is 2.61. The van der Waals surface area contributed by atoms with E-state index in [1.807, 2.05) is 6.92 Å². The summed E-state index contributed by atoms with van der Waals surface area (Å²) in [7, 11) is 0. The van der Waals surface area contributed by atoms with Crippen molar-refractivity contribution >= 4 is 11.9 Å². The predicted octanol–water partition coefficient (Wildman–Crippen LogP) is 2.55. The average molecular weight is 293 g/mol. The molecule has 1 N–H and O–H groups in total. The number of rotatable bonds is 5. The molecular weight excluding hydrogens is 270 g/mol. The van der Waals surface area contributed by atoms with Gasteiger partial charge in [-0.15, -0.1) is 0 Å². The SMILES string of the molecule is CCOc1ccc(C(=O)N[C@@H](C)C(=O)OC(C)(C)C)cc1. The van der Waals surface area contributed by atoms with Gasteiger partial charge in [-0.05, 0) is 58.9 Å². The Morgan fingerprint density at radius 2 is 1.76 bits per heavy atom. The maximum atomic E-state index is 12.0. The van der Waals surface area contributed by atoms with Crippen molar-refractivity contribution in [1.82, 2.24) is 5.32 Å². The Bertz CT molecular complexity index is 488. The van der Waals surface area contributed by atoms with Gasteiger partial charge >= 0.3 is 5.97 Å². The molecule has 0 saturated heterocycles. The lowest BCUT2D eigenvalue weighted by molar-refractivity contribution is -0.156. The first-order chi connectivity index (χ1) is 9.73. The van der Waals surface area contributed by atoms with Crippen LogP contribution in [-0.4, -0.2) is 30.1 Å². The minimum absolute atomic E-state index is 0.323. The van der Waals surface area contributed by atoms with Crippen LogP contribution in [0.3, 0.4) is 0 Å². The highest BCUT2D eigenvalue weighted by Gasteiger charge is 2.23. The highest BCUT2D eigenvalue weighted by atomic mass is 16.6. The van der Waals surface area contributed by atoms with E-state index < -0.39 is 17.6 Å². The quantitative estimate of drug-likeness (QED) is 0.847. The van der Waals surface area contributed by atoms with Crippen LogP contribution in [0.25, 0.3) is 0 Å². The molecule has 0 spiro atoms. The highest BCUT2D eigenvalue weighted by molar-refractivity contribution is 5.96. The lowest BCUT2D eigenvalue weighted by Gasteiger charge is -2.22. The Kier molecular flexibility index (Phi) is 5.76. The van der Waals surface area contributed by atoms with Crippen molar-refractivity contribution in [3.8, 4) is 5.75 Å². The fourth-order valence-corrected chi connectivity index (χ4v) is 1.60. The van der Waals surface area contributed by atoms with E-state index in [0.29, 0.717) is 17.9 Å². The van der Waals surface area contributed by atoms with E-state index in [1.54, 1.807) is 52.0 Å². The molecule has 0 saturated carbocycles. The number of esters is 1. The second kappa shape index (κ2) is 7.11. The van der Waals surface area contributed by atoms with Crippen molar-refractivity contribution in [2.24, 2.45) is 0 Å². The number of nitrogens with one attached hydrogen (secondary N) is 1. The third kappa shape index (κ3) is 5.85. The van der Waals surface area contributed by atoms with Gasteiger partial charge in [0.2, 0.25) is 0 Å². The Labute approximate surface area is 125 Å². The number of ether oxygens (including phenoxy) is 2. The van der Waals surface area contributed by atoms with E-state index >= 15 is 0 Å². The molecule has 0 fully saturated rings. The first-order valence-electron chi connectivity index (χ1n) is 6.99. The van der Waals surface area contributed by atoms with Crippen LogP contribution in [0, 0.1) is 0 Å². The number of hydrogen-bond acceptors (Lipinski definition) is 4. The summed E-state index contributed by atoms with van der Waals surface area (Å²) in [4.78, 5) is 23.8. The zero-order chi connectivity index (χ0) is 16.0. The molecule has 0 bridgehead atoms. The second-order valence-electron chi connectivity index (χ2n) is 5.69. The van der Waals surface area contributed by atoms with Crippen molar-refractivity contribution in [2.75, 3.05) is 6.61 Å². The first-order valence-corrected chi connectivity index (χ1v) is 6.99. The molecule has 5 heteroatoms. The molecule has 1 aromatic rings. The van der Waals surface area contributed by atoms with Crippen molar-refractivity contribution < 1.29 is 19.1 Å². The summed E-state index contributed by atoms with van der Waals surface area (Å²) in [6, 6.07) is 6.04. The summed E-state index contributed by atoms with van der Waals surface area (Å²) in [5.74, 6) is -0.0764. The molecule has 0 aliphatic rings. The molecule has 116 valence electrons. The van der Waals surface area contributed by atoms with E-state index in [0.717, 1.165) is 0 Å². The zero-order valence-corrected chi connectivity index (χ0v) is 13.2. The number of amides is 1. The number of carbonyl (C=O) groups is 2. The monoisotopic (exact) mass is 293 g/mol. The summed E-state index contributed by atoms with van der Waals surface area (Å²) >= 11 is 0. The number of carbonyl (C=O) groups excluding carboxylic acids is 2. The number of hydrogen-bond donors (Lipinski definition) is 1. The minimum atomic E-state index is -0.705. The van der Waals surface area contributed by atoms with E-state index in [1.165, 1.54) is 0 Å². The molecule has 21 heavy (non-hydrogen) atoms. The smallest absolute Gasteiger partial charge is 0.328 e. The van der Waals surface area contributed by atoms with Crippen LogP contribution >= 0.6 is 0 Å². The Morgan fingerprint density at radius 1 is 1.19 bits per heavy atom. The van der Waals surface area contributed by atoms with E-state index in [9.17, 15) is 9.59 Å². The van der Waals surface area contributed by atoms with E-state index in [4.69, 9.17) is 9.47 Å². The van der Waals surface area contributed by atoms with Crippen molar-refractivity contribution in [1.29, 1.82) is 0 Å². The van der Waals surface area contributed by atoms with Crippen molar-refractivity contribution in [2.45, 2.75) is 46.3 Å². The van der Waals surface area contributed by atoms with Crippen LogP contribution in [0.5, 0.6) is 5.75 Å². The van der Waals surface area contributed by atoms with Gasteiger partial charge in [0.15, 0.2) is 0 Å². The summed E-state index contributed by atoms with van der Waals surface area (Å²) in [6.45, 7) is 9.41. The third-order valence-corrected chi connectivity index (χ3v) is 2.54. The lowest BCUT2D eigenvalue weighted by Crippen LogP contribution is -2.42. The van der Waals surface area contributed by atoms with Gasteiger partial charge < -0.3 is 14.8 Å². The predicted molar refractivity (Wildman–Crippen MR) is 80.4 cm³/mol. The van der Waals surface area contributed by atoms with Crippen molar-refractivity contribution in [3.05, 3.63) is 29.8 Å². The second-order valence-corrected chi connectivity index (χ2v) is 5.69. The maximum absolute atomic E-state index is 12.0. The molecule has 0 heterocycles. The minimum Gasteiger partial charge on any atom is -0.494 e. The molecule has 5 nitrogen and oxygen atoms in total. The van der Waals surface area contributed by atoms with Gasteiger partial charge in [-0.2, -0.15) is 0 Å². The molecule has 0 aromatic heterocycles. The fraction of sp³-hybridized carbons (Fsp3) is 0.500. The number of benzene rings is 1.